The number of hydrogen-bond acceptors (Lipinski definition) is 5. The summed E-state index contributed by atoms with van der Waals surface area (Å²) in [4.78, 5) is 25.7. The number of carbonyl (C=O) groups is 2. The zero-order chi connectivity index (χ0) is 19.7. The molecule has 1 saturated heterocycles. The number of methoxy groups -OCH3 is 1. The SMILES string of the molecule is COC(=O)C1CC(C)(C)N(C)C(C)(C)C1NC(C)=O.c1cc2ccc1o2. The number of furan rings is 2. The van der Waals surface area contributed by atoms with Gasteiger partial charge >= 0.3 is 5.97 Å². The third kappa shape index (κ3) is 4.01. The molecule has 1 amide bonds. The zero-order valence-corrected chi connectivity index (χ0v) is 16.8. The molecule has 2 aromatic rings. The average Bonchev–Trinajstić information content (AvgIpc) is 3.21. The number of benzene rings is 1. The number of esters is 1. The van der Waals surface area contributed by atoms with Crippen LogP contribution in [0.3, 0.4) is 0 Å². The van der Waals surface area contributed by atoms with E-state index in [9.17, 15) is 9.59 Å². The molecule has 2 atom stereocenters. The molecule has 2 aromatic heterocycles. The van der Waals surface area contributed by atoms with Gasteiger partial charge in [0.1, 0.15) is 11.2 Å². The second kappa shape index (κ2) is 7.27. The number of likely N-dealkylation sites (N-methyl/N-ethyl adjacent to an activating group) is 1. The summed E-state index contributed by atoms with van der Waals surface area (Å²) in [5.74, 6) is -0.705. The first kappa shape index (κ1) is 20.2. The van der Waals surface area contributed by atoms with Crippen LogP contribution in [0.4, 0.5) is 0 Å². The van der Waals surface area contributed by atoms with Crippen LogP contribution in [0.5, 0.6) is 0 Å². The fraction of sp³-hybridized carbons (Fsp3) is 0.600. The van der Waals surface area contributed by atoms with Gasteiger partial charge in [0.15, 0.2) is 0 Å². The van der Waals surface area contributed by atoms with E-state index in [1.54, 1.807) is 0 Å². The summed E-state index contributed by atoms with van der Waals surface area (Å²) in [5.41, 5.74) is 1.48. The average molecular weight is 362 g/mol. The normalized spacial score (nSPS) is 24.6. The van der Waals surface area contributed by atoms with Crippen molar-refractivity contribution in [3.63, 3.8) is 0 Å². The Bertz CT molecular complexity index is 704. The lowest BCUT2D eigenvalue weighted by Crippen LogP contribution is -2.71. The van der Waals surface area contributed by atoms with Crippen molar-refractivity contribution in [3.05, 3.63) is 24.3 Å². The Balaban J connectivity index is 0.000000282. The molecule has 2 bridgehead atoms. The number of hydrogen-bond donors (Lipinski definition) is 1. The van der Waals surface area contributed by atoms with Crippen LogP contribution in [0.2, 0.25) is 0 Å². The molecule has 1 aliphatic heterocycles. The molecule has 0 aromatic carbocycles. The summed E-state index contributed by atoms with van der Waals surface area (Å²) < 4.78 is 10.00. The lowest BCUT2D eigenvalue weighted by molar-refractivity contribution is -0.157. The van der Waals surface area contributed by atoms with Gasteiger partial charge in [-0.05, 0) is 65.4 Å². The molecule has 1 fully saturated rings. The summed E-state index contributed by atoms with van der Waals surface area (Å²) in [6.45, 7) is 9.78. The quantitative estimate of drug-likeness (QED) is 0.832. The fourth-order valence-electron chi connectivity index (χ4n) is 3.85. The van der Waals surface area contributed by atoms with Crippen LogP contribution in [-0.2, 0) is 14.3 Å². The summed E-state index contributed by atoms with van der Waals surface area (Å²) in [6, 6.07) is 7.56. The van der Waals surface area contributed by atoms with E-state index in [0.717, 1.165) is 11.2 Å². The fourth-order valence-corrected chi connectivity index (χ4v) is 3.85. The van der Waals surface area contributed by atoms with Crippen LogP contribution in [-0.4, -0.2) is 48.1 Å². The van der Waals surface area contributed by atoms with Gasteiger partial charge in [0.2, 0.25) is 5.91 Å². The lowest BCUT2D eigenvalue weighted by atomic mass is 9.70. The van der Waals surface area contributed by atoms with Crippen LogP contribution >= 0.6 is 0 Å². The van der Waals surface area contributed by atoms with Gasteiger partial charge in [-0.25, -0.2) is 0 Å². The molecule has 0 radical (unpaired) electrons. The molecule has 3 heterocycles. The number of likely N-dealkylation sites (tertiary alicyclic amines) is 1. The molecule has 3 rings (SSSR count). The van der Waals surface area contributed by atoms with Crippen LogP contribution in [0.15, 0.2) is 28.7 Å². The van der Waals surface area contributed by atoms with Gasteiger partial charge in [0.25, 0.3) is 0 Å². The highest BCUT2D eigenvalue weighted by atomic mass is 16.5. The summed E-state index contributed by atoms with van der Waals surface area (Å²) >= 11 is 0. The minimum absolute atomic E-state index is 0.125. The highest BCUT2D eigenvalue weighted by Crippen LogP contribution is 2.40. The second-order valence-corrected chi connectivity index (χ2v) is 8.11. The number of amides is 1. The second-order valence-electron chi connectivity index (χ2n) is 8.11. The first-order valence-electron chi connectivity index (χ1n) is 8.86. The van der Waals surface area contributed by atoms with Gasteiger partial charge in [0, 0.05) is 18.0 Å². The van der Waals surface area contributed by atoms with Crippen LogP contribution in [0, 0.1) is 5.92 Å². The van der Waals surface area contributed by atoms with Crippen LogP contribution < -0.4 is 5.32 Å². The van der Waals surface area contributed by atoms with E-state index in [-0.39, 0.29) is 34.9 Å². The van der Waals surface area contributed by atoms with Crippen molar-refractivity contribution in [3.8, 4) is 0 Å². The van der Waals surface area contributed by atoms with Crippen molar-refractivity contribution in [2.45, 2.75) is 58.2 Å². The van der Waals surface area contributed by atoms with E-state index in [0.29, 0.717) is 6.42 Å². The topological polar surface area (TPSA) is 71.8 Å². The van der Waals surface area contributed by atoms with Crippen molar-refractivity contribution >= 4 is 23.0 Å². The van der Waals surface area contributed by atoms with Gasteiger partial charge in [-0.3, -0.25) is 14.5 Å². The van der Waals surface area contributed by atoms with Crippen molar-refractivity contribution in [2.24, 2.45) is 5.92 Å². The number of rotatable bonds is 2. The number of nitrogens with one attached hydrogen (secondary N) is 1. The van der Waals surface area contributed by atoms with Gasteiger partial charge in [-0.2, -0.15) is 0 Å². The number of carbonyl (C=O) groups excluding carboxylic acids is 2. The van der Waals surface area contributed by atoms with Crippen molar-refractivity contribution in [2.75, 3.05) is 14.2 Å². The molecule has 0 aliphatic carbocycles. The maximum Gasteiger partial charge on any atom is 0.310 e. The number of nitrogens with zero attached hydrogens (tertiary/aromatic N) is 1. The van der Waals surface area contributed by atoms with E-state index < -0.39 is 0 Å². The minimum Gasteiger partial charge on any atom is -0.469 e. The Labute approximate surface area is 155 Å². The Morgan fingerprint density at radius 1 is 1.15 bits per heavy atom. The Kier molecular flexibility index (Phi) is 5.66. The molecule has 6 heteroatoms. The minimum atomic E-state index is -0.327. The van der Waals surface area contributed by atoms with Gasteiger partial charge in [0.05, 0.1) is 19.1 Å². The number of ether oxygens (including phenoxy) is 1. The Morgan fingerprint density at radius 2 is 1.65 bits per heavy atom. The highest BCUT2D eigenvalue weighted by Gasteiger charge is 2.53. The standard InChI is InChI=1S/C14H26N2O3.C6H4O/c1-9(17)15-11-10(12(18)19-7)8-13(2,3)16(6)14(11,4)5;1-2-6-4-3-5(1)7-6/h10-11H,8H2,1-7H3,(H,15,17);1-4H. The summed E-state index contributed by atoms with van der Waals surface area (Å²) in [5, 5.41) is 2.92. The van der Waals surface area contributed by atoms with Gasteiger partial charge in [-0.15, -0.1) is 0 Å². The third-order valence-electron chi connectivity index (χ3n) is 5.58. The third-order valence-corrected chi connectivity index (χ3v) is 5.58. The van der Waals surface area contributed by atoms with E-state index in [4.69, 9.17) is 9.15 Å². The van der Waals surface area contributed by atoms with Gasteiger partial charge in [-0.1, -0.05) is 0 Å². The summed E-state index contributed by atoms with van der Waals surface area (Å²) in [6.07, 6.45) is 0.657. The monoisotopic (exact) mass is 362 g/mol. The molecule has 0 saturated carbocycles. The molecular weight excluding hydrogens is 332 g/mol. The molecule has 2 unspecified atom stereocenters. The molecule has 6 nitrogen and oxygen atoms in total. The van der Waals surface area contributed by atoms with Crippen molar-refractivity contribution in [1.29, 1.82) is 0 Å². The summed E-state index contributed by atoms with van der Waals surface area (Å²) in [7, 11) is 3.42. The maximum absolute atomic E-state index is 12.0. The van der Waals surface area contributed by atoms with Crippen molar-refractivity contribution in [1.82, 2.24) is 10.2 Å². The zero-order valence-electron chi connectivity index (χ0n) is 16.8. The maximum atomic E-state index is 12.0. The lowest BCUT2D eigenvalue weighted by Gasteiger charge is -2.57. The molecule has 144 valence electrons. The number of fused-ring (bicyclic) bond motifs is 2. The largest absolute Gasteiger partial charge is 0.469 e. The smallest absolute Gasteiger partial charge is 0.310 e. The van der Waals surface area contributed by atoms with Gasteiger partial charge < -0.3 is 14.5 Å². The van der Waals surface area contributed by atoms with Crippen LogP contribution in [0.25, 0.3) is 11.2 Å². The predicted molar refractivity (Wildman–Crippen MR) is 101 cm³/mol. The first-order valence-corrected chi connectivity index (χ1v) is 8.86. The molecule has 1 N–H and O–H groups in total. The van der Waals surface area contributed by atoms with Crippen molar-refractivity contribution < 1.29 is 18.7 Å². The van der Waals surface area contributed by atoms with Crippen LogP contribution in [0.1, 0.15) is 41.0 Å². The number of piperidine rings is 1. The van der Waals surface area contributed by atoms with E-state index >= 15 is 0 Å². The van der Waals surface area contributed by atoms with E-state index in [1.807, 2.05) is 45.2 Å². The molecule has 26 heavy (non-hydrogen) atoms. The highest BCUT2D eigenvalue weighted by molar-refractivity contribution is 5.77. The molecule has 1 aliphatic rings. The van der Waals surface area contributed by atoms with E-state index in [2.05, 4.69) is 24.1 Å². The Hall–Kier alpha value is -2.08. The Morgan fingerprint density at radius 3 is 2.00 bits per heavy atom. The molecular formula is C20H30N2O4. The predicted octanol–water partition coefficient (Wildman–Crippen LogP) is 3.04. The van der Waals surface area contributed by atoms with E-state index in [1.165, 1.54) is 14.0 Å². The molecule has 0 spiro atoms. The first-order chi connectivity index (χ1) is 12.0.